The topological polar surface area (TPSA) is 120 Å². The second-order valence-corrected chi connectivity index (χ2v) is 17.9. The highest BCUT2D eigenvalue weighted by Crippen LogP contribution is 2.52. The molecule has 2 amide bonds. The van der Waals surface area contributed by atoms with Crippen molar-refractivity contribution in [2.75, 3.05) is 43.0 Å². The van der Waals surface area contributed by atoms with E-state index in [4.69, 9.17) is 9.97 Å². The van der Waals surface area contributed by atoms with Crippen LogP contribution in [0.4, 0.5) is 21.6 Å². The molecule has 54 heavy (non-hydrogen) atoms. The number of pyridine rings is 2. The van der Waals surface area contributed by atoms with Gasteiger partial charge in [0.1, 0.15) is 5.52 Å². The number of anilines is 3. The highest BCUT2D eigenvalue weighted by atomic mass is 19.1. The number of hydrogen-bond acceptors (Lipinski definition) is 8. The number of imidazole rings is 1. The average molecular weight is 737 g/mol. The number of carbonyl (C=O) groups is 2. The van der Waals surface area contributed by atoms with Gasteiger partial charge in [0.15, 0.2) is 11.6 Å². The standard InChI is InChI=1S/C42H53FN8O3/c1-25(2)50-24-45-34-20-32(46-37(36(34)50)47-33-16-26(3)44-21-31(33)43)27-8-9-30-35(17-27)51(29-18-28(19-29)49-13-10-40(4,5)22-49)39(54)42(30)11-14-48(15-12-42)38(53)41(6,7)23-52/h8-9,16-17,20-21,24-25,28-29,52H,10-15,18-19,22-23H2,1-7H3,(H,44,46,47). The third kappa shape index (κ3) is 6.05. The summed E-state index contributed by atoms with van der Waals surface area (Å²) >= 11 is 0. The number of nitrogens with one attached hydrogen (secondary N) is 1. The second kappa shape index (κ2) is 13.1. The fourth-order valence-corrected chi connectivity index (χ4v) is 9.17. The molecule has 4 aliphatic rings. The number of carbonyl (C=O) groups excluding carboxylic acids is 2. The van der Waals surface area contributed by atoms with Crippen molar-refractivity contribution < 1.29 is 19.1 Å². The van der Waals surface area contributed by atoms with Crippen LogP contribution in [0.2, 0.25) is 0 Å². The number of aliphatic hydroxyl groups is 1. The summed E-state index contributed by atoms with van der Waals surface area (Å²) in [7, 11) is 0. The van der Waals surface area contributed by atoms with E-state index in [9.17, 15) is 14.7 Å². The summed E-state index contributed by atoms with van der Waals surface area (Å²) in [5.41, 5.74) is 4.60. The third-order valence-electron chi connectivity index (χ3n) is 12.6. The molecular weight excluding hydrogens is 684 g/mol. The number of aromatic nitrogens is 4. The molecule has 1 saturated carbocycles. The number of fused-ring (bicyclic) bond motifs is 3. The molecule has 0 atom stereocenters. The normalized spacial score (nSPS) is 22.4. The quantitative estimate of drug-likeness (QED) is 0.204. The minimum absolute atomic E-state index is 0.0827. The SMILES string of the molecule is Cc1cc(Nc2nc(-c3ccc4c(c3)N(C3CC(N5CCC(C)(C)C5)C3)C(=O)C43CCN(C(=O)C(C)(C)CO)CC3)cc3ncn(C(C)C)c23)c(F)cn1. The molecule has 2 saturated heterocycles. The van der Waals surface area contributed by atoms with E-state index in [0.29, 0.717) is 54.6 Å². The molecule has 8 rings (SSSR count). The van der Waals surface area contributed by atoms with Crippen LogP contribution in [-0.4, -0.2) is 91.1 Å². The number of hydrogen-bond donors (Lipinski definition) is 2. The molecule has 12 heteroatoms. The molecule has 3 aromatic heterocycles. The molecule has 1 aliphatic carbocycles. The summed E-state index contributed by atoms with van der Waals surface area (Å²) in [4.78, 5) is 48.7. The van der Waals surface area contributed by atoms with Gasteiger partial charge in [0.2, 0.25) is 11.8 Å². The lowest BCUT2D eigenvalue weighted by atomic mass is 9.73. The fraction of sp³-hybridized carbons (Fsp3) is 0.548. The zero-order valence-electron chi connectivity index (χ0n) is 32.6. The summed E-state index contributed by atoms with van der Waals surface area (Å²) in [6, 6.07) is 10.5. The summed E-state index contributed by atoms with van der Waals surface area (Å²) < 4.78 is 17.1. The molecule has 286 valence electrons. The van der Waals surface area contributed by atoms with E-state index < -0.39 is 16.6 Å². The van der Waals surface area contributed by atoms with Crippen molar-refractivity contribution in [1.82, 2.24) is 29.3 Å². The van der Waals surface area contributed by atoms with Crippen molar-refractivity contribution in [3.05, 3.63) is 59.9 Å². The zero-order valence-corrected chi connectivity index (χ0v) is 32.6. The van der Waals surface area contributed by atoms with Crippen molar-refractivity contribution >= 4 is 40.0 Å². The molecule has 3 aliphatic heterocycles. The van der Waals surface area contributed by atoms with Gasteiger partial charge in [-0.05, 0) is 102 Å². The van der Waals surface area contributed by atoms with Crippen LogP contribution in [0.5, 0.6) is 0 Å². The number of likely N-dealkylation sites (tertiary alicyclic amines) is 2. The van der Waals surface area contributed by atoms with Crippen LogP contribution in [0.3, 0.4) is 0 Å². The van der Waals surface area contributed by atoms with Gasteiger partial charge in [-0.2, -0.15) is 0 Å². The number of benzene rings is 1. The van der Waals surface area contributed by atoms with Crippen molar-refractivity contribution in [1.29, 1.82) is 0 Å². The number of aryl methyl sites for hydroxylation is 1. The van der Waals surface area contributed by atoms with E-state index in [0.717, 1.165) is 53.8 Å². The predicted octanol–water partition coefficient (Wildman–Crippen LogP) is 6.75. The number of rotatable bonds is 8. The minimum Gasteiger partial charge on any atom is -0.395 e. The Morgan fingerprint density at radius 1 is 1.06 bits per heavy atom. The van der Waals surface area contributed by atoms with E-state index in [1.165, 1.54) is 12.6 Å². The Morgan fingerprint density at radius 3 is 2.46 bits per heavy atom. The molecule has 3 fully saturated rings. The number of aliphatic hydroxyl groups excluding tert-OH is 1. The highest BCUT2D eigenvalue weighted by Gasteiger charge is 2.56. The maximum Gasteiger partial charge on any atom is 0.238 e. The van der Waals surface area contributed by atoms with Crippen LogP contribution in [0.25, 0.3) is 22.3 Å². The second-order valence-electron chi connectivity index (χ2n) is 17.9. The van der Waals surface area contributed by atoms with Gasteiger partial charge in [-0.3, -0.25) is 19.5 Å². The summed E-state index contributed by atoms with van der Waals surface area (Å²) in [5.74, 6) is 0.0536. The minimum atomic E-state index is -0.872. The Bertz CT molecular complexity index is 2130. The van der Waals surface area contributed by atoms with Crippen LogP contribution >= 0.6 is 0 Å². The van der Waals surface area contributed by atoms with Crippen LogP contribution in [0.15, 0.2) is 42.9 Å². The Hall–Kier alpha value is -4.42. The van der Waals surface area contributed by atoms with E-state index in [1.807, 2.05) is 28.5 Å². The lowest BCUT2D eigenvalue weighted by Crippen LogP contribution is -2.58. The first-order chi connectivity index (χ1) is 25.6. The number of nitrogens with zero attached hydrogens (tertiary/aromatic N) is 7. The van der Waals surface area contributed by atoms with Gasteiger partial charge < -0.3 is 24.8 Å². The van der Waals surface area contributed by atoms with Crippen LogP contribution in [0, 0.1) is 23.6 Å². The zero-order chi connectivity index (χ0) is 38.3. The van der Waals surface area contributed by atoms with Crippen LogP contribution in [0.1, 0.15) is 90.9 Å². The lowest BCUT2D eigenvalue weighted by Gasteiger charge is -2.47. The highest BCUT2D eigenvalue weighted by molar-refractivity contribution is 6.09. The van der Waals surface area contributed by atoms with Gasteiger partial charge in [-0.15, -0.1) is 0 Å². The van der Waals surface area contributed by atoms with Crippen molar-refractivity contribution in [2.45, 2.75) is 104 Å². The monoisotopic (exact) mass is 736 g/mol. The van der Waals surface area contributed by atoms with Gasteiger partial charge in [0, 0.05) is 54.7 Å². The third-order valence-corrected chi connectivity index (χ3v) is 12.6. The van der Waals surface area contributed by atoms with E-state index in [-0.39, 0.29) is 36.2 Å². The molecule has 11 nitrogen and oxygen atoms in total. The van der Waals surface area contributed by atoms with E-state index in [2.05, 4.69) is 59.9 Å². The summed E-state index contributed by atoms with van der Waals surface area (Å²) in [5, 5.41) is 13.2. The smallest absolute Gasteiger partial charge is 0.238 e. The first kappa shape index (κ1) is 36.6. The van der Waals surface area contributed by atoms with Crippen molar-refractivity contribution in [3.8, 4) is 11.3 Å². The van der Waals surface area contributed by atoms with Crippen LogP contribution < -0.4 is 10.2 Å². The van der Waals surface area contributed by atoms with Gasteiger partial charge >= 0.3 is 0 Å². The van der Waals surface area contributed by atoms with Crippen LogP contribution in [-0.2, 0) is 15.0 Å². The van der Waals surface area contributed by atoms with Gasteiger partial charge in [-0.25, -0.2) is 14.4 Å². The molecule has 4 aromatic rings. The Kier molecular flexibility index (Phi) is 8.88. The Morgan fingerprint density at radius 2 is 1.80 bits per heavy atom. The van der Waals surface area contributed by atoms with E-state index >= 15 is 4.39 Å². The molecule has 6 heterocycles. The number of halogens is 1. The van der Waals surface area contributed by atoms with Gasteiger partial charge in [-0.1, -0.05) is 26.0 Å². The average Bonchev–Trinajstić information content (AvgIpc) is 3.78. The van der Waals surface area contributed by atoms with Gasteiger partial charge in [0.05, 0.1) is 46.9 Å². The predicted molar refractivity (Wildman–Crippen MR) is 208 cm³/mol. The Balaban J connectivity index is 1.18. The van der Waals surface area contributed by atoms with E-state index in [1.54, 1.807) is 26.2 Å². The van der Waals surface area contributed by atoms with Crippen molar-refractivity contribution in [2.24, 2.45) is 10.8 Å². The molecule has 1 spiro atoms. The fourth-order valence-electron chi connectivity index (χ4n) is 9.17. The maximum absolute atomic E-state index is 15.0. The summed E-state index contributed by atoms with van der Waals surface area (Å²) in [6.07, 6.45) is 7.10. The molecule has 0 unspecified atom stereocenters. The first-order valence-electron chi connectivity index (χ1n) is 19.5. The summed E-state index contributed by atoms with van der Waals surface area (Å²) in [6.45, 7) is 17.0. The molecule has 1 aromatic carbocycles. The lowest BCUT2D eigenvalue weighted by molar-refractivity contribution is -0.145. The maximum atomic E-state index is 15.0. The first-order valence-corrected chi connectivity index (χ1v) is 19.5. The largest absolute Gasteiger partial charge is 0.395 e. The Labute approximate surface area is 317 Å². The molecule has 0 bridgehead atoms. The molecular formula is C42H53FN8O3. The van der Waals surface area contributed by atoms with Gasteiger partial charge in [0.25, 0.3) is 0 Å². The number of piperidine rings is 1. The molecule has 2 N–H and O–H groups in total. The number of amides is 2. The van der Waals surface area contributed by atoms with Crippen molar-refractivity contribution in [3.63, 3.8) is 0 Å². The molecule has 0 radical (unpaired) electrons.